The van der Waals surface area contributed by atoms with Gasteiger partial charge in [0.2, 0.25) is 0 Å². The molecule has 0 amide bonds. The summed E-state index contributed by atoms with van der Waals surface area (Å²) in [5.41, 5.74) is 1.13. The van der Waals surface area contributed by atoms with Gasteiger partial charge in [0.25, 0.3) is 0 Å². The Hall–Kier alpha value is -1.61. The molecular formula is C14H15NOS. The van der Waals surface area contributed by atoms with Crippen LogP contribution in [-0.2, 0) is 0 Å². The van der Waals surface area contributed by atoms with Crippen molar-refractivity contribution in [1.29, 1.82) is 0 Å². The SMILES string of the molecule is CNc1ccc(Sc2ccc(OC)cc2)cc1. The highest BCUT2D eigenvalue weighted by Gasteiger charge is 1.98. The quantitative estimate of drug-likeness (QED) is 0.883. The van der Waals surface area contributed by atoms with Crippen molar-refractivity contribution in [2.24, 2.45) is 0 Å². The molecule has 0 aliphatic carbocycles. The molecule has 0 radical (unpaired) electrons. The maximum absolute atomic E-state index is 5.13. The predicted molar refractivity (Wildman–Crippen MR) is 73.1 cm³/mol. The summed E-state index contributed by atoms with van der Waals surface area (Å²) in [5.74, 6) is 0.889. The molecule has 2 aromatic rings. The van der Waals surface area contributed by atoms with Crippen molar-refractivity contribution < 1.29 is 4.74 Å². The van der Waals surface area contributed by atoms with Gasteiger partial charge in [0, 0.05) is 22.5 Å². The van der Waals surface area contributed by atoms with Crippen molar-refractivity contribution in [3.8, 4) is 5.75 Å². The normalized spacial score (nSPS) is 10.0. The van der Waals surface area contributed by atoms with E-state index in [4.69, 9.17) is 4.74 Å². The summed E-state index contributed by atoms with van der Waals surface area (Å²) in [7, 11) is 3.60. The van der Waals surface area contributed by atoms with E-state index in [-0.39, 0.29) is 0 Å². The van der Waals surface area contributed by atoms with Crippen molar-refractivity contribution in [3.63, 3.8) is 0 Å². The maximum atomic E-state index is 5.13. The van der Waals surface area contributed by atoms with Gasteiger partial charge >= 0.3 is 0 Å². The molecule has 0 fully saturated rings. The highest BCUT2D eigenvalue weighted by atomic mass is 32.2. The van der Waals surface area contributed by atoms with Crippen LogP contribution >= 0.6 is 11.8 Å². The molecule has 0 spiro atoms. The van der Waals surface area contributed by atoms with Gasteiger partial charge in [-0.1, -0.05) is 11.8 Å². The minimum atomic E-state index is 0.889. The minimum absolute atomic E-state index is 0.889. The Morgan fingerprint density at radius 3 is 1.88 bits per heavy atom. The van der Waals surface area contributed by atoms with Gasteiger partial charge in [0.1, 0.15) is 5.75 Å². The number of benzene rings is 2. The molecule has 0 saturated carbocycles. The van der Waals surface area contributed by atoms with Crippen LogP contribution in [0.15, 0.2) is 58.3 Å². The summed E-state index contributed by atoms with van der Waals surface area (Å²) in [6, 6.07) is 16.5. The molecule has 0 aliphatic rings. The Morgan fingerprint density at radius 2 is 1.41 bits per heavy atom. The zero-order valence-corrected chi connectivity index (χ0v) is 10.8. The van der Waals surface area contributed by atoms with Crippen molar-refractivity contribution in [2.45, 2.75) is 9.79 Å². The lowest BCUT2D eigenvalue weighted by molar-refractivity contribution is 0.414. The largest absolute Gasteiger partial charge is 0.497 e. The van der Waals surface area contributed by atoms with E-state index in [1.807, 2.05) is 19.2 Å². The van der Waals surface area contributed by atoms with Crippen LogP contribution in [0.3, 0.4) is 0 Å². The third-order valence-electron chi connectivity index (χ3n) is 2.44. The Morgan fingerprint density at radius 1 is 0.882 bits per heavy atom. The molecule has 1 N–H and O–H groups in total. The van der Waals surface area contributed by atoms with Crippen molar-refractivity contribution >= 4 is 17.4 Å². The Bertz CT molecular complexity index is 419. The van der Waals surface area contributed by atoms with Gasteiger partial charge in [-0.05, 0) is 48.5 Å². The smallest absolute Gasteiger partial charge is 0.118 e. The summed E-state index contributed by atoms with van der Waals surface area (Å²) in [5, 5.41) is 3.11. The van der Waals surface area contributed by atoms with Gasteiger partial charge in [0.15, 0.2) is 0 Å². The van der Waals surface area contributed by atoms with Crippen LogP contribution in [0.1, 0.15) is 0 Å². The van der Waals surface area contributed by atoms with E-state index in [1.165, 1.54) is 9.79 Å². The van der Waals surface area contributed by atoms with Gasteiger partial charge in [-0.15, -0.1) is 0 Å². The lowest BCUT2D eigenvalue weighted by Gasteiger charge is -2.04. The number of hydrogen-bond donors (Lipinski definition) is 1. The second-order valence-electron chi connectivity index (χ2n) is 3.55. The minimum Gasteiger partial charge on any atom is -0.497 e. The van der Waals surface area contributed by atoms with Crippen LogP contribution in [0, 0.1) is 0 Å². The van der Waals surface area contributed by atoms with Crippen LogP contribution in [-0.4, -0.2) is 14.2 Å². The molecule has 0 aliphatic heterocycles. The molecule has 0 bridgehead atoms. The summed E-state index contributed by atoms with van der Waals surface area (Å²) >= 11 is 1.74. The first kappa shape index (κ1) is 11.9. The maximum Gasteiger partial charge on any atom is 0.118 e. The lowest BCUT2D eigenvalue weighted by atomic mass is 10.3. The third-order valence-corrected chi connectivity index (χ3v) is 3.45. The lowest BCUT2D eigenvalue weighted by Crippen LogP contribution is -1.86. The van der Waals surface area contributed by atoms with Crippen LogP contribution in [0.4, 0.5) is 5.69 Å². The molecule has 3 heteroatoms. The van der Waals surface area contributed by atoms with E-state index in [2.05, 4.69) is 41.7 Å². The molecule has 0 saturated heterocycles. The number of hydrogen-bond acceptors (Lipinski definition) is 3. The fraction of sp³-hybridized carbons (Fsp3) is 0.143. The van der Waals surface area contributed by atoms with Gasteiger partial charge in [-0.3, -0.25) is 0 Å². The van der Waals surface area contributed by atoms with E-state index in [9.17, 15) is 0 Å². The van der Waals surface area contributed by atoms with Crippen molar-refractivity contribution in [2.75, 3.05) is 19.5 Å². The second kappa shape index (κ2) is 5.64. The highest BCUT2D eigenvalue weighted by molar-refractivity contribution is 7.99. The Balaban J connectivity index is 2.08. The average molecular weight is 245 g/mol. The highest BCUT2D eigenvalue weighted by Crippen LogP contribution is 2.29. The molecule has 2 aromatic carbocycles. The zero-order valence-electron chi connectivity index (χ0n) is 9.94. The van der Waals surface area contributed by atoms with E-state index in [0.717, 1.165) is 11.4 Å². The van der Waals surface area contributed by atoms with Crippen LogP contribution in [0.25, 0.3) is 0 Å². The monoisotopic (exact) mass is 245 g/mol. The van der Waals surface area contributed by atoms with Gasteiger partial charge in [-0.2, -0.15) is 0 Å². The van der Waals surface area contributed by atoms with Crippen LogP contribution < -0.4 is 10.1 Å². The zero-order chi connectivity index (χ0) is 12.1. The predicted octanol–water partition coefficient (Wildman–Crippen LogP) is 3.89. The fourth-order valence-corrected chi connectivity index (χ4v) is 2.29. The number of ether oxygens (including phenoxy) is 1. The first-order chi connectivity index (χ1) is 8.31. The summed E-state index contributed by atoms with van der Waals surface area (Å²) in [6.07, 6.45) is 0. The number of methoxy groups -OCH3 is 1. The second-order valence-corrected chi connectivity index (χ2v) is 4.70. The molecule has 2 nitrogen and oxygen atoms in total. The first-order valence-corrected chi connectivity index (χ1v) is 6.23. The fourth-order valence-electron chi connectivity index (χ4n) is 1.47. The van der Waals surface area contributed by atoms with Crippen molar-refractivity contribution in [1.82, 2.24) is 0 Å². The van der Waals surface area contributed by atoms with Gasteiger partial charge in [-0.25, -0.2) is 0 Å². The molecule has 0 heterocycles. The first-order valence-electron chi connectivity index (χ1n) is 5.41. The van der Waals surface area contributed by atoms with Crippen molar-refractivity contribution in [3.05, 3.63) is 48.5 Å². The molecule has 0 aromatic heterocycles. The standard InChI is InChI=1S/C14H15NOS/c1-15-11-3-7-13(8-4-11)17-14-9-5-12(16-2)6-10-14/h3-10,15H,1-2H3. The van der Waals surface area contributed by atoms with Crippen LogP contribution in [0.2, 0.25) is 0 Å². The third kappa shape index (κ3) is 3.17. The average Bonchev–Trinajstić information content (AvgIpc) is 2.40. The number of nitrogens with one attached hydrogen (secondary N) is 1. The molecular weight excluding hydrogens is 230 g/mol. The molecule has 88 valence electrons. The molecule has 0 atom stereocenters. The van der Waals surface area contributed by atoms with Crippen LogP contribution in [0.5, 0.6) is 5.75 Å². The molecule has 2 rings (SSSR count). The Kier molecular flexibility index (Phi) is 3.94. The number of rotatable bonds is 4. The topological polar surface area (TPSA) is 21.3 Å². The number of anilines is 1. The molecule has 0 unspecified atom stereocenters. The van der Waals surface area contributed by atoms with E-state index in [1.54, 1.807) is 18.9 Å². The summed E-state index contributed by atoms with van der Waals surface area (Å²) in [4.78, 5) is 2.44. The Labute approximate surface area is 106 Å². The van der Waals surface area contributed by atoms with E-state index < -0.39 is 0 Å². The summed E-state index contributed by atoms with van der Waals surface area (Å²) in [6.45, 7) is 0. The van der Waals surface area contributed by atoms with Gasteiger partial charge < -0.3 is 10.1 Å². The van der Waals surface area contributed by atoms with Gasteiger partial charge in [0.05, 0.1) is 7.11 Å². The van der Waals surface area contributed by atoms with E-state index in [0.29, 0.717) is 0 Å². The summed E-state index contributed by atoms with van der Waals surface area (Å²) < 4.78 is 5.13. The molecule has 17 heavy (non-hydrogen) atoms. The van der Waals surface area contributed by atoms with E-state index >= 15 is 0 Å².